The molecule has 1 radical (unpaired) electrons. The van der Waals surface area contributed by atoms with E-state index in [0.717, 1.165) is 25.9 Å². The molecular weight excluding hydrogens is 198 g/mol. The first-order valence-corrected chi connectivity index (χ1v) is 6.96. The van der Waals surface area contributed by atoms with Crippen molar-refractivity contribution in [3.05, 3.63) is 6.42 Å². The Hall–Kier alpha value is -0.0900. The van der Waals surface area contributed by atoms with E-state index >= 15 is 0 Å². The second kappa shape index (κ2) is 5.12. The molecule has 0 aromatic carbocycles. The van der Waals surface area contributed by atoms with E-state index in [1.54, 1.807) is 11.2 Å². The third kappa shape index (κ3) is 2.95. The van der Waals surface area contributed by atoms with Gasteiger partial charge in [0, 0.05) is 13.1 Å². The van der Waals surface area contributed by atoms with Crippen LogP contribution in [0.1, 0.15) is 33.1 Å². The normalized spacial score (nSPS) is 25.1. The molecule has 1 saturated heterocycles. The monoisotopic (exact) mass is 218 g/mol. The van der Waals surface area contributed by atoms with E-state index in [0.29, 0.717) is 5.92 Å². The van der Waals surface area contributed by atoms with Crippen molar-refractivity contribution in [1.82, 2.24) is 4.31 Å². The third-order valence-electron chi connectivity index (χ3n) is 2.81. The summed E-state index contributed by atoms with van der Waals surface area (Å²) in [7, 11) is -2.95. The largest absolute Gasteiger partial charge is 0.213 e. The van der Waals surface area contributed by atoms with E-state index in [1.165, 1.54) is 6.42 Å². The van der Waals surface area contributed by atoms with Gasteiger partial charge in [0.05, 0.1) is 5.75 Å². The van der Waals surface area contributed by atoms with Crippen LogP contribution in [0.15, 0.2) is 0 Å². The molecule has 0 bridgehead atoms. The summed E-state index contributed by atoms with van der Waals surface area (Å²) in [6.07, 6.45) is 5.35. The summed E-state index contributed by atoms with van der Waals surface area (Å²) in [4.78, 5) is 0. The lowest BCUT2D eigenvalue weighted by atomic mass is 9.95. The van der Waals surface area contributed by atoms with Crippen molar-refractivity contribution in [1.29, 1.82) is 0 Å². The van der Waals surface area contributed by atoms with Gasteiger partial charge in [-0.3, -0.25) is 0 Å². The maximum Gasteiger partial charge on any atom is 0.213 e. The molecule has 1 fully saturated rings. The smallest absolute Gasteiger partial charge is 0.212 e. The Balaban J connectivity index is 2.56. The van der Waals surface area contributed by atoms with Crippen LogP contribution >= 0.6 is 0 Å². The van der Waals surface area contributed by atoms with Crippen molar-refractivity contribution < 1.29 is 8.42 Å². The Morgan fingerprint density at radius 1 is 1.50 bits per heavy atom. The van der Waals surface area contributed by atoms with Crippen LogP contribution in [0.3, 0.4) is 0 Å². The summed E-state index contributed by atoms with van der Waals surface area (Å²) in [5.74, 6) is 0.769. The van der Waals surface area contributed by atoms with Crippen LogP contribution < -0.4 is 0 Å². The average Bonchev–Trinajstić information content (AvgIpc) is 2.19. The fourth-order valence-electron chi connectivity index (χ4n) is 1.99. The van der Waals surface area contributed by atoms with Gasteiger partial charge in [0.2, 0.25) is 10.0 Å². The van der Waals surface area contributed by atoms with Crippen LogP contribution in [-0.2, 0) is 10.0 Å². The van der Waals surface area contributed by atoms with Gasteiger partial charge >= 0.3 is 0 Å². The number of rotatable bonds is 4. The van der Waals surface area contributed by atoms with Crippen LogP contribution in [0.25, 0.3) is 0 Å². The Kier molecular flexibility index (Phi) is 4.38. The highest BCUT2D eigenvalue weighted by molar-refractivity contribution is 7.89. The summed E-state index contributed by atoms with van der Waals surface area (Å²) in [6.45, 7) is 5.19. The summed E-state index contributed by atoms with van der Waals surface area (Å²) in [6, 6.07) is 0. The molecule has 3 nitrogen and oxygen atoms in total. The first-order valence-electron chi connectivity index (χ1n) is 5.35. The van der Waals surface area contributed by atoms with E-state index in [4.69, 9.17) is 0 Å². The lowest BCUT2D eigenvalue weighted by molar-refractivity contribution is 0.264. The second-order valence-corrected chi connectivity index (χ2v) is 6.17. The topological polar surface area (TPSA) is 37.4 Å². The van der Waals surface area contributed by atoms with Gasteiger partial charge in [-0.2, -0.15) is 0 Å². The number of nitrogens with zero attached hydrogens (tertiary/aromatic N) is 1. The van der Waals surface area contributed by atoms with E-state index in [2.05, 4.69) is 6.42 Å². The molecule has 83 valence electrons. The fourth-order valence-corrected chi connectivity index (χ4v) is 3.20. The molecule has 1 aliphatic rings. The van der Waals surface area contributed by atoms with Gasteiger partial charge in [-0.05, 0) is 38.5 Å². The van der Waals surface area contributed by atoms with Gasteiger partial charge in [-0.25, -0.2) is 12.7 Å². The standard InChI is InChI=1S/C10H20NO2S/c1-3-6-10-7-5-8-11(9-10)14(12,13)4-2/h3,10H,4-9H2,1-2H3. The number of sulfonamides is 1. The minimum Gasteiger partial charge on any atom is -0.212 e. The highest BCUT2D eigenvalue weighted by Crippen LogP contribution is 2.22. The Labute approximate surface area is 87.5 Å². The zero-order valence-corrected chi connectivity index (χ0v) is 9.89. The van der Waals surface area contributed by atoms with Gasteiger partial charge in [-0.1, -0.05) is 6.92 Å². The molecule has 4 heteroatoms. The Morgan fingerprint density at radius 3 is 2.79 bits per heavy atom. The number of hydrogen-bond acceptors (Lipinski definition) is 2. The second-order valence-electron chi connectivity index (χ2n) is 3.91. The summed E-state index contributed by atoms with van der Waals surface area (Å²) < 4.78 is 24.9. The number of hydrogen-bond donors (Lipinski definition) is 0. The van der Waals surface area contributed by atoms with E-state index < -0.39 is 10.0 Å². The maximum atomic E-state index is 11.6. The van der Waals surface area contributed by atoms with Crippen LogP contribution in [0.2, 0.25) is 0 Å². The number of piperidine rings is 1. The predicted octanol–water partition coefficient (Wildman–Crippen LogP) is 1.66. The van der Waals surface area contributed by atoms with Gasteiger partial charge < -0.3 is 0 Å². The van der Waals surface area contributed by atoms with Crippen LogP contribution in [0.5, 0.6) is 0 Å². The van der Waals surface area contributed by atoms with Crippen molar-refractivity contribution >= 4 is 10.0 Å². The average molecular weight is 218 g/mol. The molecule has 14 heavy (non-hydrogen) atoms. The molecule has 1 rings (SSSR count). The molecule has 1 heterocycles. The quantitative estimate of drug-likeness (QED) is 0.719. The Morgan fingerprint density at radius 2 is 2.21 bits per heavy atom. The van der Waals surface area contributed by atoms with Crippen molar-refractivity contribution in [2.75, 3.05) is 18.8 Å². The van der Waals surface area contributed by atoms with Gasteiger partial charge in [-0.15, -0.1) is 0 Å². The van der Waals surface area contributed by atoms with Crippen LogP contribution in [-0.4, -0.2) is 31.6 Å². The molecule has 0 saturated carbocycles. The van der Waals surface area contributed by atoms with Gasteiger partial charge in [0.1, 0.15) is 0 Å². The summed E-state index contributed by atoms with van der Waals surface area (Å²) >= 11 is 0. The lowest BCUT2D eigenvalue weighted by Gasteiger charge is -2.31. The molecule has 0 amide bonds. The van der Waals surface area contributed by atoms with Crippen molar-refractivity contribution in [2.45, 2.75) is 33.1 Å². The van der Waals surface area contributed by atoms with E-state index in [-0.39, 0.29) is 5.75 Å². The molecule has 1 aliphatic heterocycles. The predicted molar refractivity (Wildman–Crippen MR) is 58.3 cm³/mol. The highest BCUT2D eigenvalue weighted by atomic mass is 32.2. The third-order valence-corrected chi connectivity index (χ3v) is 4.66. The molecule has 1 atom stereocenters. The molecule has 0 spiro atoms. The SMILES string of the molecule is C[CH]CC1CCCN(S(=O)(=O)CC)C1. The Bertz CT molecular complexity index is 259. The molecule has 0 aromatic rings. The molecule has 0 aliphatic carbocycles. The van der Waals surface area contributed by atoms with Gasteiger partial charge in [0.15, 0.2) is 0 Å². The molecule has 0 N–H and O–H groups in total. The summed E-state index contributed by atoms with van der Waals surface area (Å²) in [5, 5.41) is 0. The lowest BCUT2D eigenvalue weighted by Crippen LogP contribution is -2.40. The zero-order valence-electron chi connectivity index (χ0n) is 9.07. The van der Waals surface area contributed by atoms with Crippen molar-refractivity contribution in [2.24, 2.45) is 5.92 Å². The maximum absolute atomic E-state index is 11.6. The van der Waals surface area contributed by atoms with Gasteiger partial charge in [0.25, 0.3) is 0 Å². The zero-order chi connectivity index (χ0) is 10.6. The summed E-state index contributed by atoms with van der Waals surface area (Å²) in [5.41, 5.74) is 0. The minimum atomic E-state index is -2.95. The fraction of sp³-hybridized carbons (Fsp3) is 0.900. The van der Waals surface area contributed by atoms with Crippen LogP contribution in [0, 0.1) is 12.3 Å². The first kappa shape index (κ1) is 12.0. The van der Waals surface area contributed by atoms with Crippen LogP contribution in [0.4, 0.5) is 0 Å². The van der Waals surface area contributed by atoms with Crippen molar-refractivity contribution in [3.63, 3.8) is 0 Å². The van der Waals surface area contributed by atoms with E-state index in [9.17, 15) is 8.42 Å². The first-order chi connectivity index (χ1) is 6.60. The highest BCUT2D eigenvalue weighted by Gasteiger charge is 2.26. The molecule has 1 unspecified atom stereocenters. The minimum absolute atomic E-state index is 0.232. The van der Waals surface area contributed by atoms with Crippen molar-refractivity contribution in [3.8, 4) is 0 Å². The molecular formula is C10H20NO2S. The molecule has 0 aromatic heterocycles. The van der Waals surface area contributed by atoms with E-state index in [1.807, 2.05) is 6.92 Å².